The quantitative estimate of drug-likeness (QED) is 0.803. The van der Waals surface area contributed by atoms with Gasteiger partial charge in [0.25, 0.3) is 0 Å². The summed E-state index contributed by atoms with van der Waals surface area (Å²) in [5.74, 6) is 0.0524. The molecular weight excluding hydrogens is 324 g/mol. The molecule has 1 unspecified atom stereocenters. The molecule has 1 aromatic carbocycles. The maximum absolute atomic E-state index is 11.7. The summed E-state index contributed by atoms with van der Waals surface area (Å²) in [6.45, 7) is 3.10. The molecule has 0 saturated carbocycles. The average molecular weight is 352 g/mol. The minimum absolute atomic E-state index is 0.0524. The van der Waals surface area contributed by atoms with E-state index in [1.54, 1.807) is 6.20 Å². The van der Waals surface area contributed by atoms with Crippen molar-refractivity contribution in [1.82, 2.24) is 15.2 Å². The van der Waals surface area contributed by atoms with E-state index in [1.165, 1.54) is 24.0 Å². The Bertz CT molecular complexity index is 704. The predicted octanol–water partition coefficient (Wildman–Crippen LogP) is 2.57. The van der Waals surface area contributed by atoms with Crippen LogP contribution < -0.4 is 11.1 Å². The fourth-order valence-electron chi connectivity index (χ4n) is 3.57. The molecule has 1 aromatic heterocycles. The number of amides is 1. The van der Waals surface area contributed by atoms with Gasteiger partial charge in [-0.3, -0.25) is 14.7 Å². The number of nitrogens with two attached hydrogens (primary N) is 1. The van der Waals surface area contributed by atoms with Gasteiger partial charge in [0.05, 0.1) is 0 Å². The Balaban J connectivity index is 1.65. The highest BCUT2D eigenvalue weighted by molar-refractivity contribution is 5.76. The van der Waals surface area contributed by atoms with Gasteiger partial charge in [-0.1, -0.05) is 30.7 Å². The van der Waals surface area contributed by atoms with Crippen molar-refractivity contribution in [2.45, 2.75) is 38.3 Å². The molecule has 3 rings (SSSR count). The Morgan fingerprint density at radius 2 is 2.12 bits per heavy atom. The molecule has 2 aromatic rings. The van der Waals surface area contributed by atoms with E-state index in [1.807, 2.05) is 12.3 Å². The predicted molar refractivity (Wildman–Crippen MR) is 104 cm³/mol. The van der Waals surface area contributed by atoms with E-state index in [2.05, 4.69) is 45.5 Å². The molecule has 26 heavy (non-hydrogen) atoms. The second kappa shape index (κ2) is 9.46. The number of piperidine rings is 1. The van der Waals surface area contributed by atoms with Crippen LogP contribution in [0.5, 0.6) is 0 Å². The monoisotopic (exact) mass is 352 g/mol. The van der Waals surface area contributed by atoms with Crippen molar-refractivity contribution in [2.24, 2.45) is 5.73 Å². The van der Waals surface area contributed by atoms with E-state index in [-0.39, 0.29) is 5.91 Å². The van der Waals surface area contributed by atoms with Crippen molar-refractivity contribution < 1.29 is 4.79 Å². The first-order valence-corrected chi connectivity index (χ1v) is 9.46. The largest absolute Gasteiger partial charge is 0.354 e. The summed E-state index contributed by atoms with van der Waals surface area (Å²) in [6, 6.07) is 13.1. The lowest BCUT2D eigenvalue weighted by atomic mass is 9.99. The second-order valence-electron chi connectivity index (χ2n) is 6.90. The number of nitrogens with one attached hydrogen (secondary N) is 1. The summed E-state index contributed by atoms with van der Waals surface area (Å²) in [4.78, 5) is 18.4. The van der Waals surface area contributed by atoms with Crippen LogP contribution in [-0.2, 0) is 11.3 Å². The number of benzene rings is 1. The van der Waals surface area contributed by atoms with Crippen LogP contribution in [0.4, 0.5) is 0 Å². The number of likely N-dealkylation sites (tertiary alicyclic amines) is 1. The number of carbonyl (C=O) groups is 1. The van der Waals surface area contributed by atoms with Crippen LogP contribution >= 0.6 is 0 Å². The molecule has 5 heteroatoms. The minimum atomic E-state index is 0.0524. The highest BCUT2D eigenvalue weighted by Crippen LogP contribution is 2.23. The first kappa shape index (κ1) is 18.5. The Morgan fingerprint density at radius 3 is 2.92 bits per heavy atom. The minimum Gasteiger partial charge on any atom is -0.354 e. The molecule has 1 saturated heterocycles. The van der Waals surface area contributed by atoms with Gasteiger partial charge < -0.3 is 11.1 Å². The third-order valence-corrected chi connectivity index (χ3v) is 4.96. The Kier molecular flexibility index (Phi) is 6.75. The summed E-state index contributed by atoms with van der Waals surface area (Å²) in [7, 11) is 0. The van der Waals surface area contributed by atoms with Crippen molar-refractivity contribution in [2.75, 3.05) is 19.6 Å². The fourth-order valence-corrected chi connectivity index (χ4v) is 3.57. The van der Waals surface area contributed by atoms with Crippen molar-refractivity contribution in [1.29, 1.82) is 0 Å². The number of carbonyl (C=O) groups excluding carboxylic acids is 1. The lowest BCUT2D eigenvalue weighted by molar-refractivity contribution is -0.121. The number of hydrogen-bond acceptors (Lipinski definition) is 4. The van der Waals surface area contributed by atoms with Gasteiger partial charge in [-0.2, -0.15) is 0 Å². The van der Waals surface area contributed by atoms with E-state index in [9.17, 15) is 4.79 Å². The van der Waals surface area contributed by atoms with Crippen molar-refractivity contribution in [3.05, 3.63) is 54.4 Å². The van der Waals surface area contributed by atoms with Gasteiger partial charge in [0.1, 0.15) is 0 Å². The SMILES string of the molecule is NCCC(=O)NCC1CCCCN1Cc1cccc(-c2cccnc2)c1. The number of nitrogens with zero attached hydrogens (tertiary/aromatic N) is 2. The molecule has 0 aliphatic carbocycles. The summed E-state index contributed by atoms with van der Waals surface area (Å²) >= 11 is 0. The van der Waals surface area contributed by atoms with E-state index < -0.39 is 0 Å². The third-order valence-electron chi connectivity index (χ3n) is 4.96. The molecule has 1 amide bonds. The Labute approximate surface area is 155 Å². The van der Waals surface area contributed by atoms with Gasteiger partial charge in [-0.05, 0) is 48.2 Å². The average Bonchev–Trinajstić information content (AvgIpc) is 2.68. The van der Waals surface area contributed by atoms with Crippen LogP contribution in [-0.4, -0.2) is 41.5 Å². The summed E-state index contributed by atoms with van der Waals surface area (Å²) in [5.41, 5.74) is 9.08. The van der Waals surface area contributed by atoms with E-state index in [0.29, 0.717) is 25.6 Å². The van der Waals surface area contributed by atoms with E-state index >= 15 is 0 Å². The first-order chi connectivity index (χ1) is 12.8. The molecule has 0 radical (unpaired) electrons. The highest BCUT2D eigenvalue weighted by Gasteiger charge is 2.22. The summed E-state index contributed by atoms with van der Waals surface area (Å²) in [5, 5.41) is 3.04. The molecule has 1 atom stereocenters. The van der Waals surface area contributed by atoms with Crippen LogP contribution in [0.1, 0.15) is 31.2 Å². The molecule has 5 nitrogen and oxygen atoms in total. The lowest BCUT2D eigenvalue weighted by Crippen LogP contribution is -2.46. The van der Waals surface area contributed by atoms with Crippen LogP contribution in [0, 0.1) is 0 Å². The number of hydrogen-bond donors (Lipinski definition) is 2. The molecular formula is C21H28N4O. The van der Waals surface area contributed by atoms with Crippen LogP contribution in [0.25, 0.3) is 11.1 Å². The molecule has 1 aliphatic rings. The summed E-state index contributed by atoms with van der Waals surface area (Å²) in [6.07, 6.45) is 7.67. The van der Waals surface area contributed by atoms with Gasteiger partial charge in [0, 0.05) is 44.5 Å². The van der Waals surface area contributed by atoms with E-state index in [0.717, 1.165) is 25.1 Å². The molecule has 1 aliphatic heterocycles. The van der Waals surface area contributed by atoms with Gasteiger partial charge in [-0.25, -0.2) is 0 Å². The summed E-state index contributed by atoms with van der Waals surface area (Å²) < 4.78 is 0. The van der Waals surface area contributed by atoms with Crippen molar-refractivity contribution in [3.63, 3.8) is 0 Å². The van der Waals surface area contributed by atoms with Crippen molar-refractivity contribution in [3.8, 4) is 11.1 Å². The van der Waals surface area contributed by atoms with Gasteiger partial charge in [0.2, 0.25) is 5.91 Å². The second-order valence-corrected chi connectivity index (χ2v) is 6.90. The standard InChI is InChI=1S/C21H28N4O/c22-10-9-21(26)24-15-20-8-1-2-12-25(20)16-17-5-3-6-18(13-17)19-7-4-11-23-14-19/h3-7,11,13-14,20H,1-2,8-10,12,15-16,22H2,(H,24,26). The Hall–Kier alpha value is -2.24. The Morgan fingerprint density at radius 1 is 1.23 bits per heavy atom. The van der Waals surface area contributed by atoms with Crippen LogP contribution in [0.3, 0.4) is 0 Å². The van der Waals surface area contributed by atoms with Gasteiger partial charge >= 0.3 is 0 Å². The maximum Gasteiger partial charge on any atom is 0.221 e. The van der Waals surface area contributed by atoms with E-state index in [4.69, 9.17) is 5.73 Å². The topological polar surface area (TPSA) is 71.2 Å². The van der Waals surface area contributed by atoms with Crippen LogP contribution in [0.15, 0.2) is 48.8 Å². The molecule has 1 fully saturated rings. The fraction of sp³-hybridized carbons (Fsp3) is 0.429. The first-order valence-electron chi connectivity index (χ1n) is 9.46. The zero-order valence-corrected chi connectivity index (χ0v) is 15.2. The normalized spacial score (nSPS) is 17.8. The molecule has 2 heterocycles. The molecule has 138 valence electrons. The zero-order valence-electron chi connectivity index (χ0n) is 15.2. The molecule has 0 spiro atoms. The van der Waals surface area contributed by atoms with Crippen molar-refractivity contribution >= 4 is 5.91 Å². The smallest absolute Gasteiger partial charge is 0.221 e. The number of aromatic nitrogens is 1. The third kappa shape index (κ3) is 5.13. The maximum atomic E-state index is 11.7. The molecule has 3 N–H and O–H groups in total. The van der Waals surface area contributed by atoms with Gasteiger partial charge in [0.15, 0.2) is 0 Å². The molecule has 0 bridgehead atoms. The van der Waals surface area contributed by atoms with Gasteiger partial charge in [-0.15, -0.1) is 0 Å². The number of rotatable bonds is 7. The number of pyridine rings is 1. The zero-order chi connectivity index (χ0) is 18.2. The van der Waals surface area contributed by atoms with Crippen LogP contribution in [0.2, 0.25) is 0 Å². The lowest BCUT2D eigenvalue weighted by Gasteiger charge is -2.36. The highest BCUT2D eigenvalue weighted by atomic mass is 16.1.